The number of hydrogen-bond acceptors (Lipinski definition) is 5. The third-order valence-corrected chi connectivity index (χ3v) is 3.23. The van der Waals surface area contributed by atoms with Gasteiger partial charge in [0.1, 0.15) is 6.07 Å². The van der Waals surface area contributed by atoms with E-state index in [2.05, 4.69) is 26.5 Å². The summed E-state index contributed by atoms with van der Waals surface area (Å²) in [5.74, 6) is 1.47. The highest BCUT2D eigenvalue weighted by Crippen LogP contribution is 2.23. The molecule has 1 aliphatic rings. The van der Waals surface area contributed by atoms with E-state index in [1.165, 1.54) is 0 Å². The first-order valence-corrected chi connectivity index (χ1v) is 5.96. The molecule has 0 saturated carbocycles. The van der Waals surface area contributed by atoms with Crippen LogP contribution in [-0.4, -0.2) is 36.9 Å². The molecule has 90 valence electrons. The molecule has 5 heteroatoms. The molecule has 17 heavy (non-hydrogen) atoms. The highest BCUT2D eigenvalue weighted by Gasteiger charge is 2.21. The Hall–Kier alpha value is -1.67. The van der Waals surface area contributed by atoms with Gasteiger partial charge in [-0.1, -0.05) is 0 Å². The molecule has 0 aliphatic carbocycles. The largest absolute Gasteiger partial charge is 0.354 e. The van der Waals surface area contributed by atoms with Crippen LogP contribution in [-0.2, 0) is 0 Å². The Balaban J connectivity index is 2.03. The smallest absolute Gasteiger partial charge is 0.169 e. The molecule has 0 atom stereocenters. The van der Waals surface area contributed by atoms with Crippen molar-refractivity contribution < 1.29 is 0 Å². The summed E-state index contributed by atoms with van der Waals surface area (Å²) < 4.78 is 0. The SMILES string of the molecule is CNCC1CCN(c2nnccc2C#N)CC1. The Morgan fingerprint density at radius 1 is 1.53 bits per heavy atom. The lowest BCUT2D eigenvalue weighted by molar-refractivity contribution is 0.392. The van der Waals surface area contributed by atoms with E-state index in [-0.39, 0.29) is 0 Å². The highest BCUT2D eigenvalue weighted by molar-refractivity contribution is 5.52. The van der Waals surface area contributed by atoms with Crippen LogP contribution in [0.5, 0.6) is 0 Å². The molecule has 0 amide bonds. The van der Waals surface area contributed by atoms with Gasteiger partial charge < -0.3 is 10.2 Å². The van der Waals surface area contributed by atoms with Crippen LogP contribution in [0.3, 0.4) is 0 Å². The van der Waals surface area contributed by atoms with Crippen molar-refractivity contribution in [2.75, 3.05) is 31.6 Å². The van der Waals surface area contributed by atoms with Gasteiger partial charge in [-0.3, -0.25) is 0 Å². The quantitative estimate of drug-likeness (QED) is 0.833. The van der Waals surface area contributed by atoms with Crippen LogP contribution >= 0.6 is 0 Å². The van der Waals surface area contributed by atoms with E-state index in [0.29, 0.717) is 5.56 Å². The van der Waals surface area contributed by atoms with Gasteiger partial charge in [-0.15, -0.1) is 5.10 Å². The van der Waals surface area contributed by atoms with Gasteiger partial charge in [-0.2, -0.15) is 10.4 Å². The summed E-state index contributed by atoms with van der Waals surface area (Å²) in [6.45, 7) is 2.98. The Morgan fingerprint density at radius 3 is 2.94 bits per heavy atom. The van der Waals surface area contributed by atoms with Gasteiger partial charge >= 0.3 is 0 Å². The molecule has 0 aromatic carbocycles. The number of piperidine rings is 1. The molecule has 1 aliphatic heterocycles. The van der Waals surface area contributed by atoms with Crippen molar-refractivity contribution in [2.45, 2.75) is 12.8 Å². The number of nitriles is 1. The van der Waals surface area contributed by atoms with Crippen molar-refractivity contribution in [1.82, 2.24) is 15.5 Å². The third-order valence-electron chi connectivity index (χ3n) is 3.23. The summed E-state index contributed by atoms with van der Waals surface area (Å²) in [5, 5.41) is 20.2. The van der Waals surface area contributed by atoms with Crippen LogP contribution in [0.4, 0.5) is 5.82 Å². The van der Waals surface area contributed by atoms with Gasteiger partial charge in [-0.25, -0.2) is 0 Å². The minimum absolute atomic E-state index is 0.618. The lowest BCUT2D eigenvalue weighted by atomic mass is 9.96. The molecular weight excluding hydrogens is 214 g/mol. The second-order valence-electron chi connectivity index (χ2n) is 4.37. The fourth-order valence-electron chi connectivity index (χ4n) is 2.28. The summed E-state index contributed by atoms with van der Waals surface area (Å²) >= 11 is 0. The van der Waals surface area contributed by atoms with Crippen LogP contribution in [0.15, 0.2) is 12.3 Å². The van der Waals surface area contributed by atoms with E-state index in [4.69, 9.17) is 5.26 Å². The van der Waals surface area contributed by atoms with E-state index >= 15 is 0 Å². The monoisotopic (exact) mass is 231 g/mol. The zero-order valence-electron chi connectivity index (χ0n) is 10.1. The van der Waals surface area contributed by atoms with Gasteiger partial charge in [0.15, 0.2) is 5.82 Å². The Kier molecular flexibility index (Phi) is 3.89. The molecule has 1 N–H and O–H groups in total. The maximum absolute atomic E-state index is 9.03. The minimum atomic E-state index is 0.618. The summed E-state index contributed by atoms with van der Waals surface area (Å²) in [6, 6.07) is 3.90. The predicted octanol–water partition coefficient (Wildman–Crippen LogP) is 0.784. The van der Waals surface area contributed by atoms with Crippen LogP contribution < -0.4 is 10.2 Å². The zero-order valence-corrected chi connectivity index (χ0v) is 10.1. The van der Waals surface area contributed by atoms with Crippen LogP contribution in [0.2, 0.25) is 0 Å². The second-order valence-corrected chi connectivity index (χ2v) is 4.37. The topological polar surface area (TPSA) is 64.8 Å². The number of nitrogens with one attached hydrogen (secondary N) is 1. The number of anilines is 1. The van der Waals surface area contributed by atoms with Gasteiger partial charge in [0.25, 0.3) is 0 Å². The number of hydrogen-bond donors (Lipinski definition) is 1. The fraction of sp³-hybridized carbons (Fsp3) is 0.583. The van der Waals surface area contributed by atoms with Gasteiger partial charge in [0.2, 0.25) is 0 Å². The maximum Gasteiger partial charge on any atom is 0.169 e. The van der Waals surface area contributed by atoms with Crippen LogP contribution in [0, 0.1) is 17.2 Å². The standard InChI is InChI=1S/C12H17N5/c1-14-9-10-3-6-17(7-4-10)12-11(8-13)2-5-15-16-12/h2,5,10,14H,3-4,6-7,9H2,1H3. The Morgan fingerprint density at radius 2 is 2.29 bits per heavy atom. The van der Waals surface area contributed by atoms with Crippen molar-refractivity contribution in [1.29, 1.82) is 5.26 Å². The summed E-state index contributed by atoms with van der Waals surface area (Å²) in [7, 11) is 1.99. The Labute approximate surface area is 101 Å². The molecule has 0 spiro atoms. The van der Waals surface area contributed by atoms with Gasteiger partial charge in [-0.05, 0) is 38.4 Å². The molecule has 5 nitrogen and oxygen atoms in total. The number of nitrogens with zero attached hydrogens (tertiary/aromatic N) is 4. The van der Waals surface area contributed by atoms with Crippen molar-refractivity contribution in [3.63, 3.8) is 0 Å². The number of aromatic nitrogens is 2. The molecule has 1 saturated heterocycles. The molecular formula is C12H17N5. The molecule has 2 rings (SSSR count). The van der Waals surface area contributed by atoms with E-state index in [1.54, 1.807) is 12.3 Å². The lowest BCUT2D eigenvalue weighted by Gasteiger charge is -2.32. The first-order chi connectivity index (χ1) is 8.35. The van der Waals surface area contributed by atoms with E-state index in [1.807, 2.05) is 7.05 Å². The van der Waals surface area contributed by atoms with Crippen LogP contribution in [0.1, 0.15) is 18.4 Å². The minimum Gasteiger partial charge on any atom is -0.354 e. The van der Waals surface area contributed by atoms with Gasteiger partial charge in [0.05, 0.1) is 11.8 Å². The second kappa shape index (κ2) is 5.60. The van der Waals surface area contributed by atoms with Crippen molar-refractivity contribution in [2.24, 2.45) is 5.92 Å². The first-order valence-electron chi connectivity index (χ1n) is 5.96. The molecule has 0 unspecified atom stereocenters. The number of rotatable bonds is 3. The highest BCUT2D eigenvalue weighted by atomic mass is 15.3. The van der Waals surface area contributed by atoms with Crippen molar-refractivity contribution >= 4 is 5.82 Å². The fourth-order valence-corrected chi connectivity index (χ4v) is 2.28. The van der Waals surface area contributed by atoms with Crippen molar-refractivity contribution in [3.8, 4) is 6.07 Å². The summed E-state index contributed by atoms with van der Waals surface area (Å²) in [4.78, 5) is 2.16. The average molecular weight is 231 g/mol. The zero-order chi connectivity index (χ0) is 12.1. The molecule has 2 heterocycles. The molecule has 0 radical (unpaired) electrons. The molecule has 0 bridgehead atoms. The summed E-state index contributed by atoms with van der Waals surface area (Å²) in [5.41, 5.74) is 0.618. The van der Waals surface area contributed by atoms with Crippen LogP contribution in [0.25, 0.3) is 0 Å². The van der Waals surface area contributed by atoms with E-state index in [9.17, 15) is 0 Å². The summed E-state index contributed by atoms with van der Waals surface area (Å²) in [6.07, 6.45) is 3.85. The lowest BCUT2D eigenvalue weighted by Crippen LogP contribution is -2.37. The Bertz CT molecular complexity index is 404. The molecule has 1 aromatic rings. The maximum atomic E-state index is 9.03. The molecule has 1 aromatic heterocycles. The van der Waals surface area contributed by atoms with Gasteiger partial charge in [0, 0.05) is 13.1 Å². The van der Waals surface area contributed by atoms with Crippen molar-refractivity contribution in [3.05, 3.63) is 17.8 Å². The van der Waals surface area contributed by atoms with E-state index in [0.717, 1.165) is 44.2 Å². The van der Waals surface area contributed by atoms with E-state index < -0.39 is 0 Å². The first kappa shape index (κ1) is 11.8. The predicted molar refractivity (Wildman–Crippen MR) is 65.6 cm³/mol. The average Bonchev–Trinajstić information content (AvgIpc) is 2.40. The third kappa shape index (κ3) is 2.71. The molecule has 1 fully saturated rings. The normalized spacial score (nSPS) is 16.8.